The van der Waals surface area contributed by atoms with Crippen molar-refractivity contribution < 1.29 is 14.7 Å². The van der Waals surface area contributed by atoms with Gasteiger partial charge in [0.15, 0.2) is 12.0 Å². The summed E-state index contributed by atoms with van der Waals surface area (Å²) in [6.45, 7) is 0. The van der Waals surface area contributed by atoms with Gasteiger partial charge in [0, 0.05) is 0 Å². The van der Waals surface area contributed by atoms with Gasteiger partial charge in [0.2, 0.25) is 0 Å². The Bertz CT molecular complexity index is 578. The van der Waals surface area contributed by atoms with Gasteiger partial charge in [-0.1, -0.05) is 29.8 Å². The summed E-state index contributed by atoms with van der Waals surface area (Å²) in [4.78, 5) is 21.7. The maximum atomic E-state index is 10.9. The molecule has 5 nitrogen and oxygen atoms in total. The van der Waals surface area contributed by atoms with E-state index >= 15 is 0 Å². The largest absolute Gasteiger partial charge is 0.476 e. The maximum absolute atomic E-state index is 10.9. The van der Waals surface area contributed by atoms with Crippen LogP contribution in [-0.4, -0.2) is 27.1 Å². The van der Waals surface area contributed by atoms with Gasteiger partial charge in [-0.15, -0.1) is 0 Å². The molecule has 0 aliphatic rings. The van der Waals surface area contributed by atoms with Crippen LogP contribution in [0, 0.1) is 0 Å². The third-order valence-electron chi connectivity index (χ3n) is 2.18. The predicted molar refractivity (Wildman–Crippen MR) is 60.9 cm³/mol. The molecular weight excluding hydrogens is 244 g/mol. The molecule has 2 aromatic rings. The summed E-state index contributed by atoms with van der Waals surface area (Å²) in [5.74, 6) is -1.29. The summed E-state index contributed by atoms with van der Waals surface area (Å²) in [6.07, 6.45) is 0.387. The Morgan fingerprint density at radius 1 is 1.35 bits per heavy atom. The van der Waals surface area contributed by atoms with Crippen LogP contribution in [0.4, 0.5) is 0 Å². The van der Waals surface area contributed by atoms with E-state index in [4.69, 9.17) is 16.7 Å². The molecule has 1 heterocycles. The van der Waals surface area contributed by atoms with E-state index in [0.29, 0.717) is 12.0 Å². The van der Waals surface area contributed by atoms with Crippen molar-refractivity contribution in [2.45, 2.75) is 0 Å². The van der Waals surface area contributed by atoms with Gasteiger partial charge in [0.05, 0.1) is 11.3 Å². The molecule has 86 valence electrons. The zero-order valence-electron chi connectivity index (χ0n) is 8.50. The first-order chi connectivity index (χ1) is 8.15. The highest BCUT2D eigenvalue weighted by Gasteiger charge is 2.21. The van der Waals surface area contributed by atoms with Crippen LogP contribution in [-0.2, 0) is 0 Å². The quantitative estimate of drug-likeness (QED) is 0.846. The number of rotatable bonds is 3. The lowest BCUT2D eigenvalue weighted by atomic mass is 10.3. The minimum atomic E-state index is -1.29. The number of aromatic nitrogens is 2. The summed E-state index contributed by atoms with van der Waals surface area (Å²) < 4.78 is 1.22. The first kappa shape index (κ1) is 11.3. The van der Waals surface area contributed by atoms with E-state index in [0.717, 1.165) is 0 Å². The molecule has 0 unspecified atom stereocenters. The normalized spacial score (nSPS) is 10.2. The molecule has 6 heteroatoms. The lowest BCUT2D eigenvalue weighted by Crippen LogP contribution is -2.02. The fraction of sp³-hybridized carbons (Fsp3) is 0. The molecule has 0 aliphatic heterocycles. The standard InChI is InChI=1S/C11H7ClN2O3/c12-10-8(6-15)9(11(16)17)13-14(10)7-4-2-1-3-5-7/h1-6H,(H,16,17). The maximum Gasteiger partial charge on any atom is 0.357 e. The molecule has 0 saturated heterocycles. The van der Waals surface area contributed by atoms with Gasteiger partial charge in [-0.05, 0) is 12.1 Å². The fourth-order valence-corrected chi connectivity index (χ4v) is 1.68. The van der Waals surface area contributed by atoms with E-state index in [-0.39, 0.29) is 16.4 Å². The molecule has 0 radical (unpaired) electrons. The molecule has 0 aliphatic carbocycles. The van der Waals surface area contributed by atoms with Crippen molar-refractivity contribution in [2.24, 2.45) is 0 Å². The van der Waals surface area contributed by atoms with Crippen LogP contribution in [0.15, 0.2) is 30.3 Å². The Hall–Kier alpha value is -2.14. The van der Waals surface area contributed by atoms with Crippen LogP contribution >= 0.6 is 11.6 Å². The van der Waals surface area contributed by atoms with Gasteiger partial charge >= 0.3 is 5.97 Å². The molecule has 0 amide bonds. The number of carboxylic acid groups (broad SMARTS) is 1. The first-order valence-corrected chi connectivity index (χ1v) is 5.05. The van der Waals surface area contributed by atoms with Crippen LogP contribution in [0.25, 0.3) is 5.69 Å². The van der Waals surface area contributed by atoms with Gasteiger partial charge in [0.25, 0.3) is 0 Å². The van der Waals surface area contributed by atoms with Crippen molar-refractivity contribution >= 4 is 23.9 Å². The Labute approximate surface area is 101 Å². The minimum absolute atomic E-state index is 0.0106. The number of aromatic carboxylic acids is 1. The van der Waals surface area contributed by atoms with Crippen molar-refractivity contribution in [2.75, 3.05) is 0 Å². The number of carbonyl (C=O) groups is 2. The molecule has 1 N–H and O–H groups in total. The number of para-hydroxylation sites is 1. The van der Waals surface area contributed by atoms with E-state index in [2.05, 4.69) is 5.10 Å². The van der Waals surface area contributed by atoms with Crippen molar-refractivity contribution in [1.82, 2.24) is 9.78 Å². The van der Waals surface area contributed by atoms with Crippen molar-refractivity contribution in [3.63, 3.8) is 0 Å². The third kappa shape index (κ3) is 1.92. The van der Waals surface area contributed by atoms with Crippen LogP contribution in [0.1, 0.15) is 20.8 Å². The van der Waals surface area contributed by atoms with E-state index in [1.54, 1.807) is 30.3 Å². The van der Waals surface area contributed by atoms with Crippen molar-refractivity contribution in [3.8, 4) is 5.69 Å². The highest BCUT2D eigenvalue weighted by Crippen LogP contribution is 2.22. The van der Waals surface area contributed by atoms with Gasteiger partial charge in [0.1, 0.15) is 5.15 Å². The number of hydrogen-bond acceptors (Lipinski definition) is 3. The van der Waals surface area contributed by atoms with E-state index < -0.39 is 5.97 Å². The lowest BCUT2D eigenvalue weighted by molar-refractivity contribution is 0.0687. The molecule has 1 aromatic heterocycles. The number of halogens is 1. The van der Waals surface area contributed by atoms with E-state index in [1.807, 2.05) is 0 Å². The molecule has 2 rings (SSSR count). The second-order valence-corrected chi connectivity index (χ2v) is 3.58. The van der Waals surface area contributed by atoms with E-state index in [9.17, 15) is 9.59 Å². The van der Waals surface area contributed by atoms with Crippen LogP contribution in [0.3, 0.4) is 0 Å². The summed E-state index contributed by atoms with van der Waals surface area (Å²) in [7, 11) is 0. The smallest absolute Gasteiger partial charge is 0.357 e. The first-order valence-electron chi connectivity index (χ1n) is 4.67. The minimum Gasteiger partial charge on any atom is -0.476 e. The average molecular weight is 251 g/mol. The number of carbonyl (C=O) groups excluding carboxylic acids is 1. The van der Waals surface area contributed by atoms with Gasteiger partial charge < -0.3 is 5.11 Å². The highest BCUT2D eigenvalue weighted by atomic mass is 35.5. The fourth-order valence-electron chi connectivity index (χ4n) is 1.41. The second kappa shape index (κ2) is 4.39. The Morgan fingerprint density at radius 3 is 2.47 bits per heavy atom. The summed E-state index contributed by atoms with van der Waals surface area (Å²) in [5.41, 5.74) is 0.116. The monoisotopic (exact) mass is 250 g/mol. The molecule has 0 fully saturated rings. The van der Waals surface area contributed by atoms with Gasteiger partial charge in [-0.25, -0.2) is 9.48 Å². The topological polar surface area (TPSA) is 72.2 Å². The summed E-state index contributed by atoms with van der Waals surface area (Å²) >= 11 is 5.91. The van der Waals surface area contributed by atoms with Gasteiger partial charge in [-0.3, -0.25) is 4.79 Å². The zero-order valence-corrected chi connectivity index (χ0v) is 9.26. The van der Waals surface area contributed by atoms with Crippen molar-refractivity contribution in [1.29, 1.82) is 0 Å². The average Bonchev–Trinajstić information content (AvgIpc) is 2.67. The zero-order chi connectivity index (χ0) is 12.4. The predicted octanol–water partition coefficient (Wildman–Crippen LogP) is 2.04. The molecule has 0 spiro atoms. The third-order valence-corrected chi connectivity index (χ3v) is 2.55. The van der Waals surface area contributed by atoms with Crippen LogP contribution < -0.4 is 0 Å². The molecule has 0 saturated carbocycles. The Kier molecular flexibility index (Phi) is 2.93. The molecule has 1 aromatic carbocycles. The second-order valence-electron chi connectivity index (χ2n) is 3.22. The van der Waals surface area contributed by atoms with Crippen LogP contribution in [0.5, 0.6) is 0 Å². The lowest BCUT2D eigenvalue weighted by Gasteiger charge is -2.01. The number of carboxylic acids is 1. The SMILES string of the molecule is O=Cc1c(C(=O)O)nn(-c2ccccc2)c1Cl. The Balaban J connectivity index is 2.65. The summed E-state index contributed by atoms with van der Waals surface area (Å²) in [6, 6.07) is 8.74. The molecular formula is C11H7ClN2O3. The van der Waals surface area contributed by atoms with Gasteiger partial charge in [-0.2, -0.15) is 5.10 Å². The number of aldehydes is 1. The molecule has 0 atom stereocenters. The highest BCUT2D eigenvalue weighted by molar-refractivity contribution is 6.32. The Morgan fingerprint density at radius 2 is 2.00 bits per heavy atom. The number of benzene rings is 1. The number of nitrogens with zero attached hydrogens (tertiary/aromatic N) is 2. The van der Waals surface area contributed by atoms with E-state index in [1.165, 1.54) is 4.68 Å². The summed E-state index contributed by atoms with van der Waals surface area (Å²) in [5, 5.41) is 12.7. The van der Waals surface area contributed by atoms with Crippen LogP contribution in [0.2, 0.25) is 5.15 Å². The number of hydrogen-bond donors (Lipinski definition) is 1. The molecule has 0 bridgehead atoms. The molecule has 17 heavy (non-hydrogen) atoms. The van der Waals surface area contributed by atoms with Crippen molar-refractivity contribution in [3.05, 3.63) is 46.7 Å².